The lowest BCUT2D eigenvalue weighted by atomic mass is 10.2. The Hall–Kier alpha value is 0.170. The molecule has 5 heteroatoms. The Morgan fingerprint density at radius 2 is 2.08 bits per heavy atom. The summed E-state index contributed by atoms with van der Waals surface area (Å²) in [5.74, 6) is -0.330. The van der Waals surface area contributed by atoms with Gasteiger partial charge in [0.15, 0.2) is 0 Å². The number of nitrogens with two attached hydrogens (primary N) is 1. The molecule has 0 spiro atoms. The van der Waals surface area contributed by atoms with Crippen molar-refractivity contribution in [3.05, 3.63) is 33.0 Å². The van der Waals surface area contributed by atoms with Crippen molar-refractivity contribution in [3.8, 4) is 0 Å². The molecule has 12 heavy (non-hydrogen) atoms. The van der Waals surface area contributed by atoms with Gasteiger partial charge in [-0.3, -0.25) is 0 Å². The molecule has 0 bridgehead atoms. The van der Waals surface area contributed by atoms with E-state index in [1.165, 1.54) is 12.1 Å². The van der Waals surface area contributed by atoms with Crippen molar-refractivity contribution in [2.24, 2.45) is 5.73 Å². The highest BCUT2D eigenvalue weighted by Gasteiger charge is 2.07. The predicted molar refractivity (Wildman–Crippen MR) is 54.2 cm³/mol. The van der Waals surface area contributed by atoms with Gasteiger partial charge in [0, 0.05) is 16.6 Å². The van der Waals surface area contributed by atoms with Crippen LogP contribution in [0.25, 0.3) is 0 Å². The van der Waals surface area contributed by atoms with Crippen LogP contribution < -0.4 is 5.73 Å². The van der Waals surface area contributed by atoms with Crippen molar-refractivity contribution in [2.45, 2.75) is 6.54 Å². The molecule has 1 aromatic rings. The summed E-state index contributed by atoms with van der Waals surface area (Å²) in [6, 6.07) is 2.79. The van der Waals surface area contributed by atoms with E-state index in [2.05, 4.69) is 15.9 Å². The Kier molecular flexibility index (Phi) is 5.09. The fourth-order valence-corrected chi connectivity index (χ4v) is 1.42. The van der Waals surface area contributed by atoms with Gasteiger partial charge in [-0.05, 0) is 28.1 Å². The topological polar surface area (TPSA) is 26.0 Å². The molecule has 0 aromatic heterocycles. The number of rotatable bonds is 1. The van der Waals surface area contributed by atoms with Gasteiger partial charge in [0.2, 0.25) is 0 Å². The van der Waals surface area contributed by atoms with Crippen molar-refractivity contribution in [1.29, 1.82) is 0 Å². The number of halogens is 4. The molecule has 1 rings (SSSR count). The average Bonchev–Trinajstić information content (AvgIpc) is 1.99. The van der Waals surface area contributed by atoms with Gasteiger partial charge in [0.05, 0.1) is 5.02 Å². The maximum atomic E-state index is 12.9. The van der Waals surface area contributed by atoms with E-state index in [0.29, 0.717) is 15.1 Å². The van der Waals surface area contributed by atoms with E-state index in [4.69, 9.17) is 17.3 Å². The molecule has 0 heterocycles. The molecule has 1 nitrogen and oxygen atoms in total. The highest BCUT2D eigenvalue weighted by Crippen LogP contribution is 2.27. The van der Waals surface area contributed by atoms with Gasteiger partial charge in [0.1, 0.15) is 5.82 Å². The highest BCUT2D eigenvalue weighted by atomic mass is 79.9. The fourth-order valence-electron chi connectivity index (χ4n) is 0.756. The van der Waals surface area contributed by atoms with E-state index in [-0.39, 0.29) is 24.8 Å². The van der Waals surface area contributed by atoms with Crippen LogP contribution in [-0.4, -0.2) is 0 Å². The zero-order valence-corrected chi connectivity index (χ0v) is 9.14. The summed E-state index contributed by atoms with van der Waals surface area (Å²) in [5, 5.41) is 0.479. The number of benzene rings is 1. The van der Waals surface area contributed by atoms with Gasteiger partial charge in [-0.25, -0.2) is 4.39 Å². The molecule has 0 saturated heterocycles. The summed E-state index contributed by atoms with van der Waals surface area (Å²) in [6.07, 6.45) is 0. The smallest absolute Gasteiger partial charge is 0.128 e. The zero-order chi connectivity index (χ0) is 8.43. The molecule has 0 fully saturated rings. The molecule has 0 aliphatic carbocycles. The van der Waals surface area contributed by atoms with E-state index in [1.807, 2.05) is 0 Å². The van der Waals surface area contributed by atoms with Crippen LogP contribution in [-0.2, 0) is 6.54 Å². The van der Waals surface area contributed by atoms with E-state index in [1.54, 1.807) is 0 Å². The van der Waals surface area contributed by atoms with Crippen LogP contribution in [0.1, 0.15) is 5.56 Å². The van der Waals surface area contributed by atoms with E-state index in [0.717, 1.165) is 0 Å². The number of hydrogen-bond acceptors (Lipinski definition) is 1. The molecule has 0 aliphatic heterocycles. The highest BCUT2D eigenvalue weighted by molar-refractivity contribution is 9.10. The Morgan fingerprint density at radius 1 is 1.50 bits per heavy atom. The molecule has 0 saturated carbocycles. The molecule has 2 N–H and O–H groups in total. The SMILES string of the molecule is Cl.NCc1c(F)ccc(Cl)c1Br. The fraction of sp³-hybridized carbons (Fsp3) is 0.143. The Balaban J connectivity index is 0.00000121. The standard InChI is InChI=1S/C7H6BrClFN.ClH/c8-7-4(3-11)6(10)2-1-5(7)9;/h1-2H,3,11H2;1H. The third-order valence-electron chi connectivity index (χ3n) is 1.34. The van der Waals surface area contributed by atoms with Crippen LogP contribution >= 0.6 is 39.9 Å². The lowest BCUT2D eigenvalue weighted by molar-refractivity contribution is 0.609. The van der Waals surface area contributed by atoms with E-state index in [9.17, 15) is 4.39 Å². The van der Waals surface area contributed by atoms with E-state index < -0.39 is 0 Å². The summed E-state index contributed by atoms with van der Waals surface area (Å²) in [7, 11) is 0. The molecule has 68 valence electrons. The first-order valence-electron chi connectivity index (χ1n) is 2.99. The molecule has 0 radical (unpaired) electrons. The summed E-state index contributed by atoms with van der Waals surface area (Å²) in [5.41, 5.74) is 5.71. The van der Waals surface area contributed by atoms with Crippen molar-refractivity contribution in [1.82, 2.24) is 0 Å². The first-order valence-corrected chi connectivity index (χ1v) is 4.16. The van der Waals surface area contributed by atoms with Crippen LogP contribution in [0.5, 0.6) is 0 Å². The van der Waals surface area contributed by atoms with Crippen LogP contribution in [0, 0.1) is 5.82 Å². The predicted octanol–water partition coefficient (Wildman–Crippen LogP) is 3.12. The third kappa shape index (κ3) is 2.33. The lowest BCUT2D eigenvalue weighted by Crippen LogP contribution is -2.00. The largest absolute Gasteiger partial charge is 0.326 e. The Morgan fingerprint density at radius 3 is 2.50 bits per heavy atom. The van der Waals surface area contributed by atoms with Crippen LogP contribution in [0.3, 0.4) is 0 Å². The maximum Gasteiger partial charge on any atom is 0.128 e. The molecular formula is C7H7BrCl2FN. The maximum absolute atomic E-state index is 12.9. The Labute approximate surface area is 89.6 Å². The molecule has 1 aromatic carbocycles. The van der Waals surface area contributed by atoms with Crippen LogP contribution in [0.4, 0.5) is 4.39 Å². The van der Waals surface area contributed by atoms with Crippen molar-refractivity contribution >= 4 is 39.9 Å². The van der Waals surface area contributed by atoms with Gasteiger partial charge in [-0.15, -0.1) is 12.4 Å². The molecule has 0 aliphatic rings. The van der Waals surface area contributed by atoms with Crippen LogP contribution in [0.2, 0.25) is 5.02 Å². The quantitative estimate of drug-likeness (QED) is 0.783. The van der Waals surface area contributed by atoms with Gasteiger partial charge < -0.3 is 5.73 Å². The van der Waals surface area contributed by atoms with Crippen molar-refractivity contribution in [2.75, 3.05) is 0 Å². The number of hydrogen-bond donors (Lipinski definition) is 1. The lowest BCUT2D eigenvalue weighted by Gasteiger charge is -2.03. The van der Waals surface area contributed by atoms with Gasteiger partial charge in [0.25, 0.3) is 0 Å². The first-order chi connectivity index (χ1) is 5.16. The minimum absolute atomic E-state index is 0. The molecular weight excluding hydrogens is 268 g/mol. The first kappa shape index (κ1) is 12.2. The minimum Gasteiger partial charge on any atom is -0.326 e. The second-order valence-electron chi connectivity index (χ2n) is 2.03. The van der Waals surface area contributed by atoms with Crippen molar-refractivity contribution in [3.63, 3.8) is 0 Å². The summed E-state index contributed by atoms with van der Waals surface area (Å²) < 4.78 is 13.4. The van der Waals surface area contributed by atoms with E-state index >= 15 is 0 Å². The zero-order valence-electron chi connectivity index (χ0n) is 5.98. The molecule has 0 amide bonds. The second kappa shape index (κ2) is 5.02. The van der Waals surface area contributed by atoms with Crippen LogP contribution in [0.15, 0.2) is 16.6 Å². The summed E-state index contributed by atoms with van der Waals surface area (Å²) in [6.45, 7) is 0.146. The van der Waals surface area contributed by atoms with Gasteiger partial charge in [-0.2, -0.15) is 0 Å². The van der Waals surface area contributed by atoms with Gasteiger partial charge in [-0.1, -0.05) is 11.6 Å². The third-order valence-corrected chi connectivity index (χ3v) is 2.79. The molecule has 0 unspecified atom stereocenters. The Bertz CT molecular complexity index is 280. The summed E-state index contributed by atoms with van der Waals surface area (Å²) in [4.78, 5) is 0. The summed E-state index contributed by atoms with van der Waals surface area (Å²) >= 11 is 8.83. The monoisotopic (exact) mass is 273 g/mol. The second-order valence-corrected chi connectivity index (χ2v) is 3.23. The average molecular weight is 275 g/mol. The van der Waals surface area contributed by atoms with Gasteiger partial charge >= 0.3 is 0 Å². The normalized spacial score (nSPS) is 9.33. The minimum atomic E-state index is -0.330. The van der Waals surface area contributed by atoms with Crippen molar-refractivity contribution < 1.29 is 4.39 Å². The molecule has 0 atom stereocenters.